The van der Waals surface area contributed by atoms with Gasteiger partial charge in [0.25, 0.3) is 0 Å². The number of hydrogen-bond acceptors (Lipinski definition) is 11. The van der Waals surface area contributed by atoms with Gasteiger partial charge < -0.3 is 25.6 Å². The van der Waals surface area contributed by atoms with Gasteiger partial charge in [0, 0.05) is 54.8 Å². The number of piperazine rings is 1. The molecule has 1 spiro atoms. The molecule has 1 aliphatic carbocycles. The number of thiophene rings is 1. The molecule has 3 aromatic heterocycles. The fraction of sp³-hybridized carbons (Fsp3) is 0.480. The second-order valence-electron chi connectivity index (χ2n) is 10.4. The minimum atomic E-state index is -0.128. The smallest absolute Gasteiger partial charge is 0.320 e. The van der Waals surface area contributed by atoms with Crippen molar-refractivity contribution in [1.29, 1.82) is 10.5 Å². The predicted molar refractivity (Wildman–Crippen MR) is 137 cm³/mol. The summed E-state index contributed by atoms with van der Waals surface area (Å²) in [7, 11) is 0. The quantitative estimate of drug-likeness (QED) is 0.459. The largest absolute Gasteiger partial charge is 0.457 e. The lowest BCUT2D eigenvalue weighted by atomic mass is 9.74. The van der Waals surface area contributed by atoms with Crippen molar-refractivity contribution in [1.82, 2.24) is 25.5 Å². The highest BCUT2D eigenvalue weighted by Crippen LogP contribution is 2.53. The van der Waals surface area contributed by atoms with E-state index < -0.39 is 0 Å². The summed E-state index contributed by atoms with van der Waals surface area (Å²) in [4.78, 5) is 15.0. The number of nitrogens with zero attached hydrogens (tertiary/aromatic N) is 7. The molecule has 12 heteroatoms. The third-order valence-corrected chi connectivity index (χ3v) is 9.24. The van der Waals surface area contributed by atoms with Crippen LogP contribution in [-0.4, -0.2) is 58.4 Å². The Labute approximate surface area is 217 Å². The van der Waals surface area contributed by atoms with Crippen LogP contribution in [0.25, 0.3) is 0 Å². The zero-order chi connectivity index (χ0) is 25.1. The second kappa shape index (κ2) is 8.33. The average molecular weight is 515 g/mol. The molecule has 0 amide bonds. The van der Waals surface area contributed by atoms with E-state index in [2.05, 4.69) is 37.5 Å². The molecule has 4 aliphatic rings. The van der Waals surface area contributed by atoms with Gasteiger partial charge in [-0.15, -0.1) is 11.3 Å². The standard InChI is InChI=1S/C25H26N10OS/c26-7-17-20-19(37-21(17)28)3-5-25(20)12-35(13-25)23-18(8-27)22(34-9-14-1-2-15(10-34)30-14)31-24(32-23)36-11-16-4-6-29-33-16/h4,6,14-15,30H,1-3,5,9-13,28H2,(H,29,33). The predicted octanol–water partition coefficient (Wildman–Crippen LogP) is 1.81. The van der Waals surface area contributed by atoms with Crippen LogP contribution in [0.15, 0.2) is 12.3 Å². The fourth-order valence-corrected chi connectivity index (χ4v) is 7.63. The lowest BCUT2D eigenvalue weighted by molar-refractivity contribution is 0.273. The van der Waals surface area contributed by atoms with Gasteiger partial charge in [-0.2, -0.15) is 25.6 Å². The van der Waals surface area contributed by atoms with Crippen molar-refractivity contribution in [3.63, 3.8) is 0 Å². The molecule has 37 heavy (non-hydrogen) atoms. The summed E-state index contributed by atoms with van der Waals surface area (Å²) in [6.07, 6.45) is 5.85. The van der Waals surface area contributed by atoms with Gasteiger partial charge in [0.15, 0.2) is 11.6 Å². The van der Waals surface area contributed by atoms with Crippen molar-refractivity contribution >= 4 is 28.0 Å². The molecule has 0 radical (unpaired) electrons. The Kier molecular flexibility index (Phi) is 5.03. The van der Waals surface area contributed by atoms with E-state index in [1.54, 1.807) is 6.20 Å². The minimum Gasteiger partial charge on any atom is -0.457 e. The van der Waals surface area contributed by atoms with Crippen molar-refractivity contribution in [3.05, 3.63) is 39.5 Å². The Bertz CT molecular complexity index is 1430. The van der Waals surface area contributed by atoms with Gasteiger partial charge in [-0.25, -0.2) is 0 Å². The molecule has 2 atom stereocenters. The van der Waals surface area contributed by atoms with Crippen molar-refractivity contribution in [3.8, 4) is 18.1 Å². The van der Waals surface area contributed by atoms with Crippen LogP contribution in [0.2, 0.25) is 0 Å². The average Bonchev–Trinajstić information content (AvgIpc) is 3.66. The lowest BCUT2D eigenvalue weighted by Gasteiger charge is -2.49. The first-order chi connectivity index (χ1) is 18.1. The first-order valence-corrected chi connectivity index (χ1v) is 13.4. The van der Waals surface area contributed by atoms with E-state index in [4.69, 9.17) is 20.4 Å². The molecule has 0 aromatic carbocycles. The molecular formula is C25H26N10OS. The van der Waals surface area contributed by atoms with E-state index in [0.29, 0.717) is 52.9 Å². The molecule has 3 aliphatic heterocycles. The highest BCUT2D eigenvalue weighted by atomic mass is 32.1. The van der Waals surface area contributed by atoms with Gasteiger partial charge in [-0.3, -0.25) is 5.10 Å². The van der Waals surface area contributed by atoms with Crippen molar-refractivity contribution in [2.24, 2.45) is 0 Å². The third kappa shape index (κ3) is 3.51. The summed E-state index contributed by atoms with van der Waals surface area (Å²) in [5.41, 5.74) is 9.06. The minimum absolute atomic E-state index is 0.128. The number of aryl methyl sites for hydroxylation is 1. The SMILES string of the molecule is N#Cc1c(N2CC3CCC(C2)N3)nc(OCc2ccn[nH]2)nc1N1CC2(CCc3sc(N)c(C#N)c32)C1. The maximum Gasteiger partial charge on any atom is 0.320 e. The highest BCUT2D eigenvalue weighted by Gasteiger charge is 2.52. The zero-order valence-corrected chi connectivity index (χ0v) is 21.0. The number of nitrogens with two attached hydrogens (primary N) is 1. The van der Waals surface area contributed by atoms with Crippen LogP contribution in [0.4, 0.5) is 16.6 Å². The van der Waals surface area contributed by atoms with Gasteiger partial charge in [-0.1, -0.05) is 0 Å². The van der Waals surface area contributed by atoms with Crippen molar-refractivity contribution in [2.75, 3.05) is 41.7 Å². The normalized spacial score (nSPS) is 23.0. The molecule has 0 saturated carbocycles. The number of nitrogens with one attached hydrogen (secondary N) is 2. The summed E-state index contributed by atoms with van der Waals surface area (Å²) in [5.74, 6) is 1.23. The van der Waals surface area contributed by atoms with E-state index in [0.717, 1.165) is 50.0 Å². The van der Waals surface area contributed by atoms with Gasteiger partial charge in [0.1, 0.15) is 29.3 Å². The summed E-state index contributed by atoms with van der Waals surface area (Å²) in [5, 5.41) is 31.2. The number of anilines is 3. The van der Waals surface area contributed by atoms with E-state index in [1.807, 2.05) is 6.07 Å². The Morgan fingerprint density at radius 2 is 1.84 bits per heavy atom. The highest BCUT2D eigenvalue weighted by molar-refractivity contribution is 7.16. The van der Waals surface area contributed by atoms with Gasteiger partial charge in [0.05, 0.1) is 11.3 Å². The molecule has 3 aromatic rings. The van der Waals surface area contributed by atoms with Crippen LogP contribution in [0.1, 0.15) is 46.5 Å². The molecule has 2 bridgehead atoms. The summed E-state index contributed by atoms with van der Waals surface area (Å²) >= 11 is 1.54. The Hall–Kier alpha value is -3.87. The number of nitriles is 2. The number of H-pyrrole nitrogens is 1. The van der Waals surface area contributed by atoms with Crippen LogP contribution in [-0.2, 0) is 18.4 Å². The Balaban J connectivity index is 1.24. The van der Waals surface area contributed by atoms with Crippen molar-refractivity contribution < 1.29 is 4.74 Å². The van der Waals surface area contributed by atoms with Gasteiger partial charge >= 0.3 is 6.01 Å². The van der Waals surface area contributed by atoms with E-state index in [-0.39, 0.29) is 18.0 Å². The van der Waals surface area contributed by atoms with Crippen LogP contribution in [0.3, 0.4) is 0 Å². The number of aromatic nitrogens is 4. The molecule has 2 unspecified atom stereocenters. The van der Waals surface area contributed by atoms with E-state index in [1.165, 1.54) is 16.2 Å². The molecular weight excluding hydrogens is 488 g/mol. The number of rotatable bonds is 5. The van der Waals surface area contributed by atoms with Crippen molar-refractivity contribution in [2.45, 2.75) is 49.8 Å². The van der Waals surface area contributed by atoms with Crippen LogP contribution in [0, 0.1) is 22.7 Å². The van der Waals surface area contributed by atoms with E-state index in [9.17, 15) is 10.5 Å². The maximum atomic E-state index is 10.3. The molecule has 6 heterocycles. The monoisotopic (exact) mass is 514 g/mol. The van der Waals surface area contributed by atoms with Crippen LogP contribution >= 0.6 is 11.3 Å². The molecule has 188 valence electrons. The molecule has 11 nitrogen and oxygen atoms in total. The lowest BCUT2D eigenvalue weighted by Crippen LogP contribution is -2.59. The summed E-state index contributed by atoms with van der Waals surface area (Å²) in [6.45, 7) is 3.22. The van der Waals surface area contributed by atoms with E-state index >= 15 is 0 Å². The first-order valence-electron chi connectivity index (χ1n) is 12.6. The topological polar surface area (TPSA) is 156 Å². The van der Waals surface area contributed by atoms with Crippen LogP contribution < -0.4 is 25.6 Å². The van der Waals surface area contributed by atoms with Gasteiger partial charge in [-0.05, 0) is 37.3 Å². The second-order valence-corrected chi connectivity index (χ2v) is 11.6. The number of fused-ring (bicyclic) bond motifs is 4. The number of aromatic amines is 1. The maximum absolute atomic E-state index is 10.3. The third-order valence-electron chi connectivity index (χ3n) is 8.16. The van der Waals surface area contributed by atoms with Gasteiger partial charge in [0.2, 0.25) is 0 Å². The van der Waals surface area contributed by atoms with Crippen LogP contribution in [0.5, 0.6) is 6.01 Å². The Morgan fingerprint density at radius 3 is 2.51 bits per heavy atom. The molecule has 4 N–H and O–H groups in total. The first kappa shape index (κ1) is 22.3. The fourth-order valence-electron chi connectivity index (χ4n) is 6.49. The zero-order valence-electron chi connectivity index (χ0n) is 20.2. The number of ether oxygens (including phenoxy) is 1. The Morgan fingerprint density at radius 1 is 1.11 bits per heavy atom. The molecule has 3 fully saturated rings. The summed E-state index contributed by atoms with van der Waals surface area (Å²) < 4.78 is 5.99. The molecule has 7 rings (SSSR count). The number of hydrogen-bond donors (Lipinski definition) is 3. The summed E-state index contributed by atoms with van der Waals surface area (Å²) in [6, 6.07) is 7.63. The molecule has 3 saturated heterocycles. The number of nitrogen functional groups attached to an aromatic ring is 1.